The van der Waals surface area contributed by atoms with E-state index >= 15 is 0 Å². The predicted octanol–water partition coefficient (Wildman–Crippen LogP) is 6.03. The zero-order chi connectivity index (χ0) is 29.2. The van der Waals surface area contributed by atoms with Gasteiger partial charge in [-0.1, -0.05) is 135 Å². The molecule has 6 heteroatoms. The second kappa shape index (κ2) is 15.1. The molecule has 1 saturated carbocycles. The van der Waals surface area contributed by atoms with Crippen molar-refractivity contribution in [3.8, 4) is 0 Å². The zero-order valence-electron chi connectivity index (χ0n) is 24.5. The summed E-state index contributed by atoms with van der Waals surface area (Å²) >= 11 is 0. The smallest absolute Gasteiger partial charge is 0.213 e. The lowest BCUT2D eigenvalue weighted by atomic mass is 9.85. The van der Waals surface area contributed by atoms with E-state index < -0.39 is 17.9 Å². The number of rotatable bonds is 13. The summed E-state index contributed by atoms with van der Waals surface area (Å²) in [5.74, 6) is 0.476. The molecule has 0 bridgehead atoms. The summed E-state index contributed by atoms with van der Waals surface area (Å²) in [4.78, 5) is 0. The molecule has 0 aliphatic heterocycles. The van der Waals surface area contributed by atoms with Crippen molar-refractivity contribution in [2.75, 3.05) is 5.75 Å². The van der Waals surface area contributed by atoms with Gasteiger partial charge in [0.25, 0.3) is 0 Å². The second-order valence-electron chi connectivity index (χ2n) is 11.5. The second-order valence-corrected chi connectivity index (χ2v) is 15.5. The van der Waals surface area contributed by atoms with Gasteiger partial charge in [-0.2, -0.15) is 0 Å². The van der Waals surface area contributed by atoms with Crippen molar-refractivity contribution >= 4 is 33.9 Å². The Hall–Kier alpha value is -2.82. The van der Waals surface area contributed by atoms with Crippen molar-refractivity contribution < 1.29 is 8.42 Å². The van der Waals surface area contributed by atoms with Crippen molar-refractivity contribution in [3.63, 3.8) is 0 Å². The predicted molar refractivity (Wildman–Crippen MR) is 179 cm³/mol. The molecule has 4 nitrogen and oxygen atoms in total. The van der Waals surface area contributed by atoms with Gasteiger partial charge in [-0.25, -0.2) is 13.1 Å². The Morgan fingerprint density at radius 1 is 0.738 bits per heavy atom. The highest BCUT2D eigenvalue weighted by Gasteiger charge is 2.27. The molecule has 42 heavy (non-hydrogen) atoms. The lowest BCUT2D eigenvalue weighted by molar-refractivity contribution is 0.302. The third-order valence-corrected chi connectivity index (χ3v) is 12.4. The van der Waals surface area contributed by atoms with Gasteiger partial charge < -0.3 is 5.32 Å². The molecule has 0 heterocycles. The lowest BCUT2D eigenvalue weighted by Gasteiger charge is -2.29. The van der Waals surface area contributed by atoms with Gasteiger partial charge in [0.1, 0.15) is 0 Å². The largest absolute Gasteiger partial charge is 0.309 e. The fourth-order valence-electron chi connectivity index (χ4n) is 6.13. The number of hydrogen-bond donors (Lipinski definition) is 2. The molecule has 2 N–H and O–H groups in total. The Labute approximate surface area is 253 Å². The SMILES string of the molecule is C[C@H](NS(=O)(=O)C[C@H](Cc1ccccc1)NCc1ccccc1P(c1ccccc1)c1ccccc1)C1CCCCC1. The van der Waals surface area contributed by atoms with Crippen molar-refractivity contribution in [2.45, 2.75) is 64.1 Å². The first-order chi connectivity index (χ1) is 20.5. The summed E-state index contributed by atoms with van der Waals surface area (Å²) < 4.78 is 30.0. The summed E-state index contributed by atoms with van der Waals surface area (Å²) in [6.07, 6.45) is 6.52. The molecule has 2 atom stereocenters. The van der Waals surface area contributed by atoms with E-state index in [1.807, 2.05) is 25.1 Å². The molecule has 1 fully saturated rings. The standard InChI is InChI=1S/C36H43N2O2PS/c1-29(31-18-8-3-9-19-31)38-42(39,40)28-33(26-30-16-6-2-7-17-30)37-27-32-20-14-15-25-36(32)41(34-21-10-4-11-22-34)35-23-12-5-13-24-35/h2,4-7,10-17,20-25,29,31,33,37-38H,3,8-9,18-19,26-28H2,1H3/t29-,33-/m0/s1. The number of sulfonamides is 1. The minimum atomic E-state index is -3.47. The van der Waals surface area contributed by atoms with Gasteiger partial charge in [0.15, 0.2) is 0 Å². The Bertz CT molecular complexity index is 1440. The molecular weight excluding hydrogens is 555 g/mol. The van der Waals surface area contributed by atoms with Crippen LogP contribution in [0.3, 0.4) is 0 Å². The quantitative estimate of drug-likeness (QED) is 0.185. The van der Waals surface area contributed by atoms with Gasteiger partial charge in [-0.15, -0.1) is 0 Å². The van der Waals surface area contributed by atoms with Crippen molar-refractivity contribution in [1.29, 1.82) is 0 Å². The van der Waals surface area contributed by atoms with Crippen LogP contribution in [0.4, 0.5) is 0 Å². The van der Waals surface area contributed by atoms with Gasteiger partial charge in [-0.05, 0) is 67.1 Å². The minimum absolute atomic E-state index is 0.0336. The molecular formula is C36H43N2O2PS. The van der Waals surface area contributed by atoms with Gasteiger partial charge in [0.05, 0.1) is 5.75 Å². The molecule has 0 saturated heterocycles. The molecule has 4 aromatic carbocycles. The van der Waals surface area contributed by atoms with Crippen LogP contribution in [0, 0.1) is 5.92 Å². The fourth-order valence-corrected chi connectivity index (χ4v) is 10.2. The molecule has 1 aliphatic carbocycles. The highest BCUT2D eigenvalue weighted by Crippen LogP contribution is 2.34. The third-order valence-electron chi connectivity index (χ3n) is 8.31. The van der Waals surface area contributed by atoms with Crippen LogP contribution in [0.1, 0.15) is 50.2 Å². The van der Waals surface area contributed by atoms with Crippen LogP contribution in [-0.2, 0) is 23.0 Å². The summed E-state index contributed by atoms with van der Waals surface area (Å²) in [6, 6.07) is 40.0. The maximum absolute atomic E-state index is 13.5. The topological polar surface area (TPSA) is 58.2 Å². The van der Waals surface area contributed by atoms with Gasteiger partial charge in [0, 0.05) is 18.6 Å². The normalized spacial score (nSPS) is 15.9. The molecule has 0 spiro atoms. The highest BCUT2D eigenvalue weighted by molar-refractivity contribution is 7.89. The molecule has 0 unspecified atom stereocenters. The van der Waals surface area contributed by atoms with Crippen LogP contribution in [-0.4, -0.2) is 26.3 Å². The van der Waals surface area contributed by atoms with Crippen LogP contribution in [0.2, 0.25) is 0 Å². The Morgan fingerprint density at radius 3 is 1.90 bits per heavy atom. The first-order valence-corrected chi connectivity index (χ1v) is 18.2. The van der Waals surface area contributed by atoms with Crippen LogP contribution in [0.5, 0.6) is 0 Å². The van der Waals surface area contributed by atoms with E-state index in [0.29, 0.717) is 18.9 Å². The molecule has 1 aliphatic rings. The van der Waals surface area contributed by atoms with Gasteiger partial charge in [0.2, 0.25) is 10.0 Å². The van der Waals surface area contributed by atoms with E-state index in [0.717, 1.165) is 18.4 Å². The van der Waals surface area contributed by atoms with Crippen LogP contribution < -0.4 is 26.0 Å². The molecule has 220 valence electrons. The van der Waals surface area contributed by atoms with Crippen molar-refractivity contribution in [3.05, 3.63) is 126 Å². The fraction of sp³-hybridized carbons (Fsp3) is 0.333. The van der Waals surface area contributed by atoms with Gasteiger partial charge >= 0.3 is 0 Å². The van der Waals surface area contributed by atoms with E-state index in [1.54, 1.807) is 0 Å². The van der Waals surface area contributed by atoms with Crippen LogP contribution in [0.15, 0.2) is 115 Å². The molecule has 0 aromatic heterocycles. The highest BCUT2D eigenvalue weighted by atomic mass is 32.2. The molecule has 5 rings (SSSR count). The molecule has 4 aromatic rings. The lowest BCUT2D eigenvalue weighted by Crippen LogP contribution is -2.46. The van der Waals surface area contributed by atoms with E-state index in [2.05, 4.69) is 107 Å². The Morgan fingerprint density at radius 2 is 1.29 bits per heavy atom. The third kappa shape index (κ3) is 8.61. The van der Waals surface area contributed by atoms with Gasteiger partial charge in [-0.3, -0.25) is 0 Å². The monoisotopic (exact) mass is 598 g/mol. The first kappa shape index (κ1) is 30.6. The number of benzene rings is 4. The van der Waals surface area contributed by atoms with Crippen LogP contribution >= 0.6 is 7.92 Å². The number of nitrogens with one attached hydrogen (secondary N) is 2. The summed E-state index contributed by atoms with van der Waals surface area (Å²) in [5.41, 5.74) is 2.34. The minimum Gasteiger partial charge on any atom is -0.309 e. The van der Waals surface area contributed by atoms with E-state index in [4.69, 9.17) is 0 Å². The Kier molecular flexibility index (Phi) is 11.0. The Balaban J connectivity index is 1.37. The van der Waals surface area contributed by atoms with E-state index in [-0.39, 0.29) is 17.8 Å². The van der Waals surface area contributed by atoms with Crippen molar-refractivity contribution in [1.82, 2.24) is 10.0 Å². The summed E-state index contributed by atoms with van der Waals surface area (Å²) in [7, 11) is -4.24. The van der Waals surface area contributed by atoms with E-state index in [1.165, 1.54) is 40.7 Å². The zero-order valence-corrected chi connectivity index (χ0v) is 26.2. The average Bonchev–Trinajstić information content (AvgIpc) is 3.02. The summed E-state index contributed by atoms with van der Waals surface area (Å²) in [5, 5.41) is 7.58. The van der Waals surface area contributed by atoms with Crippen LogP contribution in [0.25, 0.3) is 0 Å². The maximum Gasteiger partial charge on any atom is 0.213 e. The molecule has 0 amide bonds. The van der Waals surface area contributed by atoms with E-state index in [9.17, 15) is 8.42 Å². The maximum atomic E-state index is 13.5. The summed E-state index contributed by atoms with van der Waals surface area (Å²) in [6.45, 7) is 2.64. The molecule has 0 radical (unpaired) electrons. The van der Waals surface area contributed by atoms with Crippen molar-refractivity contribution in [2.24, 2.45) is 5.92 Å². The number of hydrogen-bond acceptors (Lipinski definition) is 3. The average molecular weight is 599 g/mol. The first-order valence-electron chi connectivity index (χ1n) is 15.2.